The fourth-order valence-electron chi connectivity index (χ4n) is 3.86. The highest BCUT2D eigenvalue weighted by Crippen LogP contribution is 2.29. The third kappa shape index (κ3) is 6.22. The first-order valence-electron chi connectivity index (χ1n) is 11.3. The second-order valence-electron chi connectivity index (χ2n) is 8.27. The molecular weight excluding hydrogens is 475 g/mol. The monoisotopic (exact) mass is 498 g/mol. The van der Waals surface area contributed by atoms with E-state index in [2.05, 4.69) is 11.3 Å². The molecule has 0 saturated heterocycles. The molecule has 0 fully saturated rings. The third-order valence-electron chi connectivity index (χ3n) is 5.66. The smallest absolute Gasteiger partial charge is 0.422 e. The van der Waals surface area contributed by atoms with Crippen molar-refractivity contribution in [3.63, 3.8) is 0 Å². The number of benzene rings is 4. The quantitative estimate of drug-likeness (QED) is 0.172. The number of fused-ring (bicyclic) bond motifs is 1. The van der Waals surface area contributed by atoms with Crippen molar-refractivity contribution >= 4 is 10.8 Å². The molecule has 0 spiro atoms. The standard InChI is InChI=1S/C29H23F5O2/c1-2-15-35-24-11-8-20(9-12-24)22-10-13-25-23(17-22)7-6-21(28(25)31)5-3-19-4-14-27(26(30)16-19)36-18-29(32,33)34/h2,4,6-14,16-17H,1,3,5,15,18H2. The van der Waals surface area contributed by atoms with E-state index in [1.54, 1.807) is 18.2 Å². The molecule has 0 aliphatic carbocycles. The Bertz CT molecular complexity index is 1360. The minimum absolute atomic E-state index is 0.303. The number of hydrogen-bond donors (Lipinski definition) is 0. The van der Waals surface area contributed by atoms with Gasteiger partial charge in [0.25, 0.3) is 0 Å². The molecule has 7 heteroatoms. The lowest BCUT2D eigenvalue weighted by Crippen LogP contribution is -2.19. The lowest BCUT2D eigenvalue weighted by molar-refractivity contribution is -0.153. The average Bonchev–Trinajstić information content (AvgIpc) is 2.86. The van der Waals surface area contributed by atoms with E-state index in [0.29, 0.717) is 36.0 Å². The molecule has 0 amide bonds. The summed E-state index contributed by atoms with van der Waals surface area (Å²) >= 11 is 0. The lowest BCUT2D eigenvalue weighted by Gasteiger charge is -2.11. The Morgan fingerprint density at radius 1 is 0.778 bits per heavy atom. The highest BCUT2D eigenvalue weighted by Gasteiger charge is 2.29. The normalized spacial score (nSPS) is 11.5. The first kappa shape index (κ1) is 25.2. The summed E-state index contributed by atoms with van der Waals surface area (Å²) in [6.07, 6.45) is -2.26. The van der Waals surface area contributed by atoms with E-state index in [1.165, 1.54) is 6.07 Å². The Morgan fingerprint density at radius 3 is 2.22 bits per heavy atom. The maximum Gasteiger partial charge on any atom is 0.422 e. The van der Waals surface area contributed by atoms with Gasteiger partial charge in [0.05, 0.1) is 0 Å². The van der Waals surface area contributed by atoms with E-state index in [1.807, 2.05) is 42.5 Å². The van der Waals surface area contributed by atoms with Crippen molar-refractivity contribution in [3.8, 4) is 22.6 Å². The van der Waals surface area contributed by atoms with Crippen LogP contribution < -0.4 is 9.47 Å². The molecule has 36 heavy (non-hydrogen) atoms. The molecular formula is C29H23F5O2. The number of rotatable bonds is 9. The summed E-state index contributed by atoms with van der Waals surface area (Å²) < 4.78 is 76.1. The molecule has 0 aliphatic rings. The number of ether oxygens (including phenoxy) is 2. The van der Waals surface area contributed by atoms with E-state index < -0.39 is 24.3 Å². The molecule has 0 radical (unpaired) electrons. The minimum Gasteiger partial charge on any atom is -0.490 e. The highest BCUT2D eigenvalue weighted by atomic mass is 19.4. The molecule has 4 aromatic carbocycles. The molecule has 0 unspecified atom stereocenters. The molecule has 0 aliphatic heterocycles. The first-order chi connectivity index (χ1) is 17.2. The Kier molecular flexibility index (Phi) is 7.58. The summed E-state index contributed by atoms with van der Waals surface area (Å²) in [6, 6.07) is 20.4. The zero-order chi connectivity index (χ0) is 25.7. The number of halogens is 5. The lowest BCUT2D eigenvalue weighted by atomic mass is 9.97. The topological polar surface area (TPSA) is 18.5 Å². The number of aryl methyl sites for hydroxylation is 2. The molecule has 0 saturated carbocycles. The maximum atomic E-state index is 15.2. The molecule has 0 aromatic heterocycles. The van der Waals surface area contributed by atoms with Crippen LogP contribution in [0.1, 0.15) is 11.1 Å². The van der Waals surface area contributed by atoms with Crippen LogP contribution in [0, 0.1) is 11.6 Å². The van der Waals surface area contributed by atoms with Crippen LogP contribution in [0.2, 0.25) is 0 Å². The van der Waals surface area contributed by atoms with E-state index in [-0.39, 0.29) is 5.82 Å². The van der Waals surface area contributed by atoms with Crippen molar-refractivity contribution in [2.24, 2.45) is 0 Å². The molecule has 2 nitrogen and oxygen atoms in total. The summed E-state index contributed by atoms with van der Waals surface area (Å²) in [7, 11) is 0. The van der Waals surface area contributed by atoms with Crippen molar-refractivity contribution in [3.05, 3.63) is 108 Å². The van der Waals surface area contributed by atoms with Crippen LogP contribution >= 0.6 is 0 Å². The zero-order valence-corrected chi connectivity index (χ0v) is 19.2. The number of hydrogen-bond acceptors (Lipinski definition) is 2. The Morgan fingerprint density at radius 2 is 1.53 bits per heavy atom. The molecule has 0 bridgehead atoms. The molecule has 186 valence electrons. The Balaban J connectivity index is 1.46. The van der Waals surface area contributed by atoms with Gasteiger partial charge in [-0.25, -0.2) is 8.78 Å². The van der Waals surface area contributed by atoms with Crippen LogP contribution in [0.25, 0.3) is 21.9 Å². The van der Waals surface area contributed by atoms with Crippen molar-refractivity contribution in [1.29, 1.82) is 0 Å². The Hall–Kier alpha value is -3.87. The molecule has 4 aromatic rings. The van der Waals surface area contributed by atoms with Gasteiger partial charge in [-0.05, 0) is 70.8 Å². The van der Waals surface area contributed by atoms with Crippen molar-refractivity contribution in [2.75, 3.05) is 13.2 Å². The van der Waals surface area contributed by atoms with Gasteiger partial charge in [0, 0.05) is 5.39 Å². The fourth-order valence-corrected chi connectivity index (χ4v) is 3.86. The number of alkyl halides is 3. The Labute approximate surface area is 205 Å². The van der Waals surface area contributed by atoms with Gasteiger partial charge in [0.2, 0.25) is 0 Å². The van der Waals surface area contributed by atoms with E-state index >= 15 is 4.39 Å². The second-order valence-corrected chi connectivity index (χ2v) is 8.27. The second kappa shape index (κ2) is 10.8. The molecule has 0 atom stereocenters. The summed E-state index contributed by atoms with van der Waals surface area (Å²) in [5.41, 5.74) is 2.91. The minimum atomic E-state index is -4.55. The predicted octanol–water partition coefficient (Wildman–Crippen LogP) is 8.08. The molecule has 4 rings (SSSR count). The SMILES string of the molecule is C=CCOc1ccc(-c2ccc3c(F)c(CCc4ccc(OCC(F)(F)F)c(F)c4)ccc3c2)cc1. The summed E-state index contributed by atoms with van der Waals surface area (Å²) in [4.78, 5) is 0. The molecule has 0 N–H and O–H groups in total. The largest absolute Gasteiger partial charge is 0.490 e. The molecule has 0 heterocycles. The van der Waals surface area contributed by atoms with Gasteiger partial charge in [-0.15, -0.1) is 0 Å². The van der Waals surface area contributed by atoms with Gasteiger partial charge in [-0.1, -0.05) is 55.1 Å². The highest BCUT2D eigenvalue weighted by molar-refractivity contribution is 5.88. The fraction of sp³-hybridized carbons (Fsp3) is 0.172. The van der Waals surface area contributed by atoms with Crippen LogP contribution in [-0.2, 0) is 12.8 Å². The summed E-state index contributed by atoms with van der Waals surface area (Å²) in [6.45, 7) is 2.48. The predicted molar refractivity (Wildman–Crippen MR) is 130 cm³/mol. The van der Waals surface area contributed by atoms with Crippen molar-refractivity contribution < 1.29 is 31.4 Å². The van der Waals surface area contributed by atoms with Crippen LogP contribution in [-0.4, -0.2) is 19.4 Å². The van der Waals surface area contributed by atoms with E-state index in [0.717, 1.165) is 34.4 Å². The van der Waals surface area contributed by atoms with Crippen LogP contribution in [0.3, 0.4) is 0 Å². The van der Waals surface area contributed by atoms with Gasteiger partial charge in [-0.3, -0.25) is 0 Å². The zero-order valence-electron chi connectivity index (χ0n) is 19.2. The third-order valence-corrected chi connectivity index (χ3v) is 5.66. The van der Waals surface area contributed by atoms with Crippen LogP contribution in [0.15, 0.2) is 85.5 Å². The van der Waals surface area contributed by atoms with Gasteiger partial charge in [0.1, 0.15) is 18.2 Å². The van der Waals surface area contributed by atoms with E-state index in [4.69, 9.17) is 4.74 Å². The summed E-state index contributed by atoms with van der Waals surface area (Å²) in [5, 5.41) is 1.22. The van der Waals surface area contributed by atoms with Crippen LogP contribution in [0.4, 0.5) is 22.0 Å². The summed E-state index contributed by atoms with van der Waals surface area (Å²) in [5.74, 6) is -0.970. The van der Waals surface area contributed by atoms with Gasteiger partial charge < -0.3 is 9.47 Å². The average molecular weight is 498 g/mol. The maximum absolute atomic E-state index is 15.2. The van der Waals surface area contributed by atoms with Crippen molar-refractivity contribution in [1.82, 2.24) is 0 Å². The van der Waals surface area contributed by atoms with Gasteiger partial charge >= 0.3 is 6.18 Å². The first-order valence-corrected chi connectivity index (χ1v) is 11.3. The van der Waals surface area contributed by atoms with Gasteiger partial charge in [-0.2, -0.15) is 13.2 Å². The van der Waals surface area contributed by atoms with Crippen LogP contribution in [0.5, 0.6) is 11.5 Å². The van der Waals surface area contributed by atoms with E-state index in [9.17, 15) is 17.6 Å². The van der Waals surface area contributed by atoms with Gasteiger partial charge in [0.15, 0.2) is 18.2 Å². The van der Waals surface area contributed by atoms with Crippen molar-refractivity contribution in [2.45, 2.75) is 19.0 Å².